The van der Waals surface area contributed by atoms with Crippen LogP contribution in [0.2, 0.25) is 0 Å². The molecule has 0 bridgehead atoms. The van der Waals surface area contributed by atoms with Gasteiger partial charge in [0, 0.05) is 24.0 Å². The summed E-state index contributed by atoms with van der Waals surface area (Å²) < 4.78 is 18.7. The number of fused-ring (bicyclic) bond motifs is 2. The van der Waals surface area contributed by atoms with Gasteiger partial charge in [0.1, 0.15) is 17.3 Å². The molecule has 0 N–H and O–H groups in total. The number of nitrogens with zero attached hydrogens (tertiary/aromatic N) is 3. The monoisotopic (exact) mass is 413 g/mol. The first-order chi connectivity index (χ1) is 15.1. The number of aromatic nitrogens is 2. The summed E-state index contributed by atoms with van der Waals surface area (Å²) >= 11 is 0. The van der Waals surface area contributed by atoms with Crippen LogP contribution in [0.4, 0.5) is 4.39 Å². The second kappa shape index (κ2) is 7.80. The van der Waals surface area contributed by atoms with Gasteiger partial charge in [-0.2, -0.15) is 0 Å². The average molecular weight is 413 g/mol. The molecule has 0 atom stereocenters. The van der Waals surface area contributed by atoms with Crippen molar-refractivity contribution in [3.63, 3.8) is 0 Å². The van der Waals surface area contributed by atoms with Crippen LogP contribution in [0.1, 0.15) is 21.6 Å². The van der Waals surface area contributed by atoms with Crippen LogP contribution in [0.3, 0.4) is 0 Å². The summed E-state index contributed by atoms with van der Waals surface area (Å²) in [6.45, 7) is 1.12. The number of hydrogen-bond donors (Lipinski definition) is 0. The Morgan fingerprint density at radius 1 is 1.00 bits per heavy atom. The topological polar surface area (TPSA) is 55.3 Å². The normalized spacial score (nSPS) is 13.2. The lowest BCUT2D eigenvalue weighted by Gasteiger charge is -2.29. The highest BCUT2D eigenvalue weighted by molar-refractivity contribution is 6.05. The van der Waals surface area contributed by atoms with Gasteiger partial charge < -0.3 is 9.64 Å². The molecule has 31 heavy (non-hydrogen) atoms. The van der Waals surface area contributed by atoms with Gasteiger partial charge in [0.05, 0.1) is 12.6 Å². The maximum Gasteiger partial charge on any atom is 0.273 e. The molecule has 4 aromatic rings. The lowest BCUT2D eigenvalue weighted by atomic mass is 9.99. The van der Waals surface area contributed by atoms with E-state index >= 15 is 0 Å². The molecule has 0 fully saturated rings. The molecule has 1 amide bonds. The van der Waals surface area contributed by atoms with E-state index < -0.39 is 0 Å². The zero-order valence-corrected chi connectivity index (χ0v) is 17.0. The second-order valence-electron chi connectivity index (χ2n) is 7.53. The van der Waals surface area contributed by atoms with E-state index in [4.69, 9.17) is 4.74 Å². The first kappa shape index (κ1) is 19.2. The van der Waals surface area contributed by atoms with Crippen molar-refractivity contribution < 1.29 is 13.9 Å². The van der Waals surface area contributed by atoms with Gasteiger partial charge in [-0.3, -0.25) is 4.79 Å². The van der Waals surface area contributed by atoms with Gasteiger partial charge in [0.25, 0.3) is 5.91 Å². The van der Waals surface area contributed by atoms with Crippen LogP contribution < -0.4 is 4.74 Å². The maximum atomic E-state index is 13.5. The Kier molecular flexibility index (Phi) is 4.82. The fraction of sp³-hybridized carbons (Fsp3) is 0.160. The number of halogens is 1. The van der Waals surface area contributed by atoms with E-state index in [1.165, 1.54) is 17.7 Å². The standard InChI is InChI=1S/C25H20FN3O2/c1-31-20-11-8-18-15-29(13-12-17(18)14-20)25(30)23-21-4-2-3-5-22(21)27-24(28-23)16-6-9-19(26)10-7-16/h2-11,14H,12-13,15H2,1H3. The average Bonchev–Trinajstić information content (AvgIpc) is 2.82. The molecule has 5 rings (SSSR count). The number of ether oxygens (including phenoxy) is 1. The Labute approximate surface area is 179 Å². The minimum atomic E-state index is -0.329. The van der Waals surface area contributed by atoms with E-state index in [0.29, 0.717) is 41.1 Å². The van der Waals surface area contributed by atoms with E-state index in [1.54, 1.807) is 19.2 Å². The molecular weight excluding hydrogens is 393 g/mol. The summed E-state index contributed by atoms with van der Waals surface area (Å²) in [5.74, 6) is 0.765. The molecular formula is C25H20FN3O2. The molecule has 1 aliphatic heterocycles. The van der Waals surface area contributed by atoms with Crippen molar-refractivity contribution in [2.24, 2.45) is 0 Å². The van der Waals surface area contributed by atoms with Crippen molar-refractivity contribution in [1.29, 1.82) is 0 Å². The fourth-order valence-electron chi connectivity index (χ4n) is 3.95. The van der Waals surface area contributed by atoms with E-state index in [9.17, 15) is 9.18 Å². The lowest BCUT2D eigenvalue weighted by Crippen LogP contribution is -2.36. The lowest BCUT2D eigenvalue weighted by molar-refractivity contribution is 0.0731. The molecule has 0 spiro atoms. The van der Waals surface area contributed by atoms with Gasteiger partial charge in [-0.25, -0.2) is 14.4 Å². The number of methoxy groups -OCH3 is 1. The Morgan fingerprint density at radius 3 is 2.61 bits per heavy atom. The Hall–Kier alpha value is -3.80. The van der Waals surface area contributed by atoms with E-state index in [2.05, 4.69) is 9.97 Å². The van der Waals surface area contributed by atoms with E-state index in [0.717, 1.165) is 17.7 Å². The second-order valence-corrected chi connectivity index (χ2v) is 7.53. The first-order valence-corrected chi connectivity index (χ1v) is 10.1. The minimum absolute atomic E-state index is 0.136. The van der Waals surface area contributed by atoms with Gasteiger partial charge in [-0.05, 0) is 60.0 Å². The highest BCUT2D eigenvalue weighted by Gasteiger charge is 2.25. The zero-order valence-electron chi connectivity index (χ0n) is 17.0. The smallest absolute Gasteiger partial charge is 0.273 e. The molecule has 1 aromatic heterocycles. The van der Waals surface area contributed by atoms with Crippen molar-refractivity contribution in [3.8, 4) is 17.1 Å². The molecule has 3 aromatic carbocycles. The van der Waals surface area contributed by atoms with Crippen molar-refractivity contribution in [1.82, 2.24) is 14.9 Å². The molecule has 2 heterocycles. The largest absolute Gasteiger partial charge is 0.497 e. The number of carbonyl (C=O) groups excluding carboxylic acids is 1. The number of amides is 1. The van der Waals surface area contributed by atoms with Crippen LogP contribution in [-0.2, 0) is 13.0 Å². The quantitative estimate of drug-likeness (QED) is 0.491. The van der Waals surface area contributed by atoms with Gasteiger partial charge in [-0.15, -0.1) is 0 Å². The highest BCUT2D eigenvalue weighted by atomic mass is 19.1. The van der Waals surface area contributed by atoms with E-state index in [1.807, 2.05) is 47.4 Å². The Morgan fingerprint density at radius 2 is 1.81 bits per heavy atom. The van der Waals surface area contributed by atoms with Crippen molar-refractivity contribution in [3.05, 3.63) is 89.4 Å². The van der Waals surface area contributed by atoms with Gasteiger partial charge >= 0.3 is 0 Å². The Bertz CT molecular complexity index is 1290. The molecule has 5 nitrogen and oxygen atoms in total. The predicted octanol–water partition coefficient (Wildman–Crippen LogP) is 4.64. The maximum absolute atomic E-state index is 13.5. The molecule has 0 aliphatic carbocycles. The SMILES string of the molecule is COc1ccc2c(c1)CCN(C(=O)c1nc(-c3ccc(F)cc3)nc3ccccc13)C2. The third kappa shape index (κ3) is 3.61. The zero-order chi connectivity index (χ0) is 21.4. The summed E-state index contributed by atoms with van der Waals surface area (Å²) in [7, 11) is 1.65. The summed E-state index contributed by atoms with van der Waals surface area (Å²) in [5, 5.41) is 0.707. The van der Waals surface area contributed by atoms with Gasteiger partial charge in [0.2, 0.25) is 0 Å². The minimum Gasteiger partial charge on any atom is -0.497 e. The molecule has 0 radical (unpaired) electrons. The van der Waals surface area contributed by atoms with Crippen LogP contribution >= 0.6 is 0 Å². The van der Waals surface area contributed by atoms with Crippen molar-refractivity contribution in [2.75, 3.05) is 13.7 Å². The van der Waals surface area contributed by atoms with Crippen LogP contribution in [0.15, 0.2) is 66.7 Å². The molecule has 6 heteroatoms. The number of benzene rings is 3. The van der Waals surface area contributed by atoms with Crippen LogP contribution in [0.5, 0.6) is 5.75 Å². The highest BCUT2D eigenvalue weighted by Crippen LogP contribution is 2.27. The summed E-state index contributed by atoms with van der Waals surface area (Å²) in [6.07, 6.45) is 0.756. The number of para-hydroxylation sites is 1. The molecule has 1 aliphatic rings. The van der Waals surface area contributed by atoms with Gasteiger partial charge in [-0.1, -0.05) is 24.3 Å². The molecule has 0 saturated carbocycles. The molecule has 0 unspecified atom stereocenters. The third-order valence-corrected chi connectivity index (χ3v) is 5.62. The van der Waals surface area contributed by atoms with Crippen LogP contribution in [-0.4, -0.2) is 34.4 Å². The third-order valence-electron chi connectivity index (χ3n) is 5.62. The number of rotatable bonds is 3. The van der Waals surface area contributed by atoms with Crippen molar-refractivity contribution >= 4 is 16.8 Å². The number of hydrogen-bond acceptors (Lipinski definition) is 4. The van der Waals surface area contributed by atoms with Crippen molar-refractivity contribution in [2.45, 2.75) is 13.0 Å². The number of carbonyl (C=O) groups is 1. The fourth-order valence-corrected chi connectivity index (χ4v) is 3.95. The molecule has 154 valence electrons. The van der Waals surface area contributed by atoms with Crippen LogP contribution in [0, 0.1) is 5.82 Å². The van der Waals surface area contributed by atoms with Gasteiger partial charge in [0.15, 0.2) is 5.82 Å². The summed E-state index contributed by atoms with van der Waals surface area (Å²) in [6, 6.07) is 19.4. The van der Waals surface area contributed by atoms with Crippen LogP contribution in [0.25, 0.3) is 22.3 Å². The first-order valence-electron chi connectivity index (χ1n) is 10.1. The predicted molar refractivity (Wildman–Crippen MR) is 116 cm³/mol. The molecule has 0 saturated heterocycles. The summed E-state index contributed by atoms with van der Waals surface area (Å²) in [5.41, 5.74) is 4.02. The Balaban J connectivity index is 1.54. The summed E-state index contributed by atoms with van der Waals surface area (Å²) in [4.78, 5) is 24.6. The van der Waals surface area contributed by atoms with E-state index in [-0.39, 0.29) is 11.7 Å².